The molecule has 1 aliphatic heterocycles. The van der Waals surface area contributed by atoms with Crippen molar-refractivity contribution in [3.8, 4) is 11.6 Å². The Balaban J connectivity index is 1.35. The first-order valence-corrected chi connectivity index (χ1v) is 10.00. The van der Waals surface area contributed by atoms with Gasteiger partial charge in [-0.2, -0.15) is 0 Å². The highest BCUT2D eigenvalue weighted by molar-refractivity contribution is 5.54. The maximum Gasteiger partial charge on any atom is 0.197 e. The Hall–Kier alpha value is -3.00. The number of nitrogens with zero attached hydrogens (tertiary/aromatic N) is 5. The van der Waals surface area contributed by atoms with Crippen molar-refractivity contribution in [3.63, 3.8) is 0 Å². The van der Waals surface area contributed by atoms with E-state index in [0.717, 1.165) is 24.0 Å². The molecule has 2 aromatic heterocycles. The van der Waals surface area contributed by atoms with E-state index in [1.54, 1.807) is 44.0 Å². The van der Waals surface area contributed by atoms with E-state index in [4.69, 9.17) is 4.74 Å². The van der Waals surface area contributed by atoms with Crippen molar-refractivity contribution < 1.29 is 13.5 Å². The average Bonchev–Trinajstić information content (AvgIpc) is 3.45. The van der Waals surface area contributed by atoms with Crippen molar-refractivity contribution in [2.45, 2.75) is 30.8 Å². The summed E-state index contributed by atoms with van der Waals surface area (Å²) in [6.07, 6.45) is 8.55. The Morgan fingerprint density at radius 3 is 2.37 bits per heavy atom. The Kier molecular flexibility index (Phi) is 4.86. The van der Waals surface area contributed by atoms with Crippen LogP contribution in [-0.2, 0) is 4.74 Å². The van der Waals surface area contributed by atoms with Crippen molar-refractivity contribution in [1.82, 2.24) is 19.9 Å². The number of hydrogen-bond donors (Lipinski definition) is 0. The highest BCUT2D eigenvalue weighted by Gasteiger charge is 2.41. The summed E-state index contributed by atoms with van der Waals surface area (Å²) in [5.74, 6) is -0.332. The van der Waals surface area contributed by atoms with Crippen LogP contribution in [0, 0.1) is 11.6 Å². The molecule has 6 nitrogen and oxygen atoms in total. The summed E-state index contributed by atoms with van der Waals surface area (Å²) in [7, 11) is 1.65. The van der Waals surface area contributed by atoms with Crippen LogP contribution < -0.4 is 4.90 Å². The first-order valence-electron chi connectivity index (χ1n) is 10.00. The number of aromatic nitrogens is 4. The Bertz CT molecular complexity index is 1050. The van der Waals surface area contributed by atoms with Gasteiger partial charge in [-0.15, -0.1) is 0 Å². The fraction of sp³-hybridized carbons (Fsp3) is 0.364. The minimum Gasteiger partial charge on any atom is -0.380 e. The Morgan fingerprint density at radius 1 is 0.967 bits per heavy atom. The number of anilines is 1. The topological polar surface area (TPSA) is 64.0 Å². The summed E-state index contributed by atoms with van der Waals surface area (Å²) >= 11 is 0. The number of halogens is 2. The molecule has 8 heteroatoms. The second kappa shape index (κ2) is 7.68. The monoisotopic (exact) mass is 409 g/mol. The lowest BCUT2D eigenvalue weighted by atomic mass is 10.0. The van der Waals surface area contributed by atoms with Crippen molar-refractivity contribution in [2.75, 3.05) is 25.1 Å². The van der Waals surface area contributed by atoms with Crippen LogP contribution >= 0.6 is 0 Å². The van der Waals surface area contributed by atoms with Gasteiger partial charge in [0.05, 0.1) is 11.8 Å². The van der Waals surface area contributed by atoms with Gasteiger partial charge >= 0.3 is 0 Å². The van der Waals surface area contributed by atoms with Crippen molar-refractivity contribution in [2.24, 2.45) is 0 Å². The molecular formula is C22H21F2N5O. The van der Waals surface area contributed by atoms with E-state index in [9.17, 15) is 8.78 Å². The second-order valence-corrected chi connectivity index (χ2v) is 7.79. The number of benzene rings is 1. The van der Waals surface area contributed by atoms with Gasteiger partial charge in [-0.25, -0.2) is 28.7 Å². The minimum atomic E-state index is -0.804. The van der Waals surface area contributed by atoms with E-state index in [-0.39, 0.29) is 17.9 Å². The quantitative estimate of drug-likeness (QED) is 0.640. The second-order valence-electron chi connectivity index (χ2n) is 7.79. The molecule has 1 saturated heterocycles. The number of rotatable bonds is 5. The van der Waals surface area contributed by atoms with Gasteiger partial charge in [-0.3, -0.25) is 0 Å². The highest BCUT2D eigenvalue weighted by atomic mass is 19.2. The lowest BCUT2D eigenvalue weighted by Gasteiger charge is -2.20. The van der Waals surface area contributed by atoms with Crippen LogP contribution in [0.2, 0.25) is 0 Å². The molecule has 0 spiro atoms. The fourth-order valence-electron chi connectivity index (χ4n) is 4.17. The summed E-state index contributed by atoms with van der Waals surface area (Å²) in [6, 6.07) is 4.84. The van der Waals surface area contributed by atoms with Gasteiger partial charge in [-0.1, -0.05) is 0 Å². The summed E-state index contributed by atoms with van der Waals surface area (Å²) in [4.78, 5) is 18.9. The van der Waals surface area contributed by atoms with Gasteiger partial charge < -0.3 is 9.64 Å². The average molecular weight is 409 g/mol. The molecule has 3 heterocycles. The third-order valence-electron chi connectivity index (χ3n) is 5.93. The lowest BCUT2D eigenvalue weighted by molar-refractivity contribution is 0.121. The molecule has 5 rings (SSSR count). The van der Waals surface area contributed by atoms with E-state index >= 15 is 0 Å². The van der Waals surface area contributed by atoms with E-state index in [2.05, 4.69) is 19.9 Å². The van der Waals surface area contributed by atoms with E-state index in [1.807, 2.05) is 4.90 Å². The van der Waals surface area contributed by atoms with E-state index in [0.29, 0.717) is 30.4 Å². The zero-order chi connectivity index (χ0) is 20.7. The molecule has 0 amide bonds. The van der Waals surface area contributed by atoms with Crippen LogP contribution in [0.15, 0.2) is 43.0 Å². The molecule has 3 atom stereocenters. The van der Waals surface area contributed by atoms with Gasteiger partial charge in [0.2, 0.25) is 0 Å². The fourth-order valence-corrected chi connectivity index (χ4v) is 4.17. The standard InChI is InChI=1S/C22H21F2N5O/c1-30-15-3-6-29(12-15)19-8-13(7-18(23)20(19)24)16-9-17(16)14-10-27-22(28-11-14)21-25-4-2-5-26-21/h2,4-5,7-8,10-11,15-17H,3,6,9,12H2,1H3/t15-,16-,17+/m1/s1. The SMILES string of the molecule is CO[C@@H]1CCN(c2cc([C@H]3C[C@H]3c3cnc(-c4ncccn4)nc3)cc(F)c2F)C1. The first-order chi connectivity index (χ1) is 14.6. The van der Waals surface area contributed by atoms with E-state index in [1.165, 1.54) is 6.07 Å². The summed E-state index contributed by atoms with van der Waals surface area (Å²) < 4.78 is 34.2. The third kappa shape index (κ3) is 3.52. The van der Waals surface area contributed by atoms with Crippen LogP contribution in [0.5, 0.6) is 0 Å². The van der Waals surface area contributed by atoms with Crippen molar-refractivity contribution in [3.05, 3.63) is 65.7 Å². The number of methoxy groups -OCH3 is 1. The minimum absolute atomic E-state index is 0.0500. The molecule has 2 fully saturated rings. The van der Waals surface area contributed by atoms with Gasteiger partial charge in [0.25, 0.3) is 0 Å². The maximum atomic E-state index is 14.5. The lowest BCUT2D eigenvalue weighted by Crippen LogP contribution is -2.23. The summed E-state index contributed by atoms with van der Waals surface area (Å²) in [5.41, 5.74) is 2.11. The maximum absolute atomic E-state index is 14.5. The van der Waals surface area contributed by atoms with Crippen LogP contribution in [0.25, 0.3) is 11.6 Å². The van der Waals surface area contributed by atoms with Crippen molar-refractivity contribution >= 4 is 5.69 Å². The predicted octanol–water partition coefficient (Wildman–Crippen LogP) is 3.71. The van der Waals surface area contributed by atoms with Crippen LogP contribution in [-0.4, -0.2) is 46.2 Å². The molecule has 0 N–H and O–H groups in total. The van der Waals surface area contributed by atoms with Gasteiger partial charge in [0.15, 0.2) is 23.3 Å². The smallest absolute Gasteiger partial charge is 0.197 e. The van der Waals surface area contributed by atoms with Crippen LogP contribution in [0.1, 0.15) is 35.8 Å². The summed E-state index contributed by atoms with van der Waals surface area (Å²) in [6.45, 7) is 1.23. The molecule has 30 heavy (non-hydrogen) atoms. The van der Waals surface area contributed by atoms with Gasteiger partial charge in [0, 0.05) is 45.0 Å². The predicted molar refractivity (Wildman–Crippen MR) is 107 cm³/mol. The summed E-state index contributed by atoms with van der Waals surface area (Å²) in [5, 5.41) is 0. The molecule has 1 saturated carbocycles. The molecule has 1 aliphatic carbocycles. The number of ether oxygens (including phenoxy) is 1. The molecule has 2 aliphatic rings. The molecule has 0 unspecified atom stereocenters. The molecule has 3 aromatic rings. The van der Waals surface area contributed by atoms with Gasteiger partial charge in [0.1, 0.15) is 0 Å². The number of hydrogen-bond acceptors (Lipinski definition) is 6. The van der Waals surface area contributed by atoms with Gasteiger partial charge in [-0.05, 0) is 54.0 Å². The Labute approximate surface area is 173 Å². The van der Waals surface area contributed by atoms with E-state index < -0.39 is 11.6 Å². The molecular weight excluding hydrogens is 388 g/mol. The third-order valence-corrected chi connectivity index (χ3v) is 5.93. The molecule has 0 radical (unpaired) electrons. The molecule has 154 valence electrons. The Morgan fingerprint density at radius 2 is 1.67 bits per heavy atom. The van der Waals surface area contributed by atoms with Crippen molar-refractivity contribution in [1.29, 1.82) is 0 Å². The molecule has 1 aromatic carbocycles. The van der Waals surface area contributed by atoms with Crippen LogP contribution in [0.3, 0.4) is 0 Å². The zero-order valence-electron chi connectivity index (χ0n) is 16.5. The van der Waals surface area contributed by atoms with Crippen LogP contribution in [0.4, 0.5) is 14.5 Å². The zero-order valence-corrected chi connectivity index (χ0v) is 16.5. The molecule has 0 bridgehead atoms. The first kappa shape index (κ1) is 19.0. The largest absolute Gasteiger partial charge is 0.380 e. The highest BCUT2D eigenvalue weighted by Crippen LogP contribution is 2.55. The normalized spacial score (nSPS) is 23.0.